The SMILES string of the molecule is CC(c1cccs1)N(C)C(=O)NC1CCOC1. The second kappa shape index (κ2) is 5.51. The van der Waals surface area contributed by atoms with Crippen molar-refractivity contribution in [3.05, 3.63) is 22.4 Å². The molecule has 17 heavy (non-hydrogen) atoms. The highest BCUT2D eigenvalue weighted by atomic mass is 32.1. The molecule has 94 valence electrons. The molecule has 2 atom stereocenters. The van der Waals surface area contributed by atoms with Gasteiger partial charge in [0.1, 0.15) is 0 Å². The number of hydrogen-bond acceptors (Lipinski definition) is 3. The molecule has 1 saturated heterocycles. The zero-order chi connectivity index (χ0) is 12.3. The number of nitrogens with one attached hydrogen (secondary N) is 1. The zero-order valence-corrected chi connectivity index (χ0v) is 11.0. The molecule has 1 N–H and O–H groups in total. The van der Waals surface area contributed by atoms with E-state index in [0.717, 1.165) is 13.0 Å². The van der Waals surface area contributed by atoms with Crippen molar-refractivity contribution in [2.45, 2.75) is 25.4 Å². The minimum absolute atomic E-state index is 0.0265. The number of carbonyl (C=O) groups excluding carboxylic acids is 1. The third-order valence-electron chi connectivity index (χ3n) is 3.11. The summed E-state index contributed by atoms with van der Waals surface area (Å²) >= 11 is 1.67. The van der Waals surface area contributed by atoms with E-state index in [1.165, 1.54) is 4.88 Å². The normalized spacial score (nSPS) is 21.2. The lowest BCUT2D eigenvalue weighted by Crippen LogP contribution is -2.44. The van der Waals surface area contributed by atoms with Crippen molar-refractivity contribution >= 4 is 17.4 Å². The lowest BCUT2D eigenvalue weighted by molar-refractivity contribution is 0.176. The van der Waals surface area contributed by atoms with Crippen LogP contribution < -0.4 is 5.32 Å². The van der Waals surface area contributed by atoms with Crippen molar-refractivity contribution in [1.82, 2.24) is 10.2 Å². The second-order valence-corrected chi connectivity index (χ2v) is 5.29. The second-order valence-electron chi connectivity index (χ2n) is 4.31. The summed E-state index contributed by atoms with van der Waals surface area (Å²) in [6.07, 6.45) is 0.910. The third kappa shape index (κ3) is 2.98. The van der Waals surface area contributed by atoms with E-state index in [1.54, 1.807) is 16.2 Å². The fraction of sp³-hybridized carbons (Fsp3) is 0.583. The average Bonchev–Trinajstić information content (AvgIpc) is 2.99. The molecule has 1 aromatic rings. The Hall–Kier alpha value is -1.07. The van der Waals surface area contributed by atoms with Gasteiger partial charge in [-0.15, -0.1) is 11.3 Å². The lowest BCUT2D eigenvalue weighted by atomic mass is 10.2. The maximum Gasteiger partial charge on any atom is 0.317 e. The van der Waals surface area contributed by atoms with Crippen LogP contribution in [0.15, 0.2) is 17.5 Å². The van der Waals surface area contributed by atoms with Crippen LogP contribution in [0.1, 0.15) is 24.3 Å². The van der Waals surface area contributed by atoms with Gasteiger partial charge in [0.05, 0.1) is 18.7 Å². The van der Waals surface area contributed by atoms with E-state index in [0.29, 0.717) is 6.61 Å². The maximum atomic E-state index is 12.0. The number of thiophene rings is 1. The van der Waals surface area contributed by atoms with Crippen molar-refractivity contribution in [2.75, 3.05) is 20.3 Å². The minimum Gasteiger partial charge on any atom is -0.379 e. The number of amides is 2. The first-order chi connectivity index (χ1) is 8.18. The van der Waals surface area contributed by atoms with Crippen LogP contribution in [0.3, 0.4) is 0 Å². The minimum atomic E-state index is -0.0265. The lowest BCUT2D eigenvalue weighted by Gasteiger charge is -2.25. The third-order valence-corrected chi connectivity index (χ3v) is 4.16. The summed E-state index contributed by atoms with van der Waals surface area (Å²) in [5, 5.41) is 5.02. The highest BCUT2D eigenvalue weighted by Gasteiger charge is 2.23. The Labute approximate surface area is 106 Å². The Balaban J connectivity index is 1.90. The average molecular weight is 254 g/mol. The quantitative estimate of drug-likeness (QED) is 0.898. The molecule has 0 aliphatic carbocycles. The van der Waals surface area contributed by atoms with Crippen LogP contribution in [-0.2, 0) is 4.74 Å². The van der Waals surface area contributed by atoms with E-state index < -0.39 is 0 Å². The molecule has 2 rings (SSSR count). The van der Waals surface area contributed by atoms with Crippen LogP contribution in [-0.4, -0.2) is 37.2 Å². The molecular formula is C12H18N2O2S. The molecule has 1 aliphatic heterocycles. The molecule has 1 aromatic heterocycles. The fourth-order valence-electron chi connectivity index (χ4n) is 1.82. The van der Waals surface area contributed by atoms with Gasteiger partial charge in [-0.05, 0) is 24.8 Å². The number of carbonyl (C=O) groups is 1. The highest BCUT2D eigenvalue weighted by Crippen LogP contribution is 2.23. The molecule has 4 nitrogen and oxygen atoms in total. The van der Waals surface area contributed by atoms with Gasteiger partial charge in [0.2, 0.25) is 0 Å². The Morgan fingerprint density at radius 3 is 3.12 bits per heavy atom. The molecular weight excluding hydrogens is 236 g/mol. The van der Waals surface area contributed by atoms with Crippen molar-refractivity contribution in [1.29, 1.82) is 0 Å². The van der Waals surface area contributed by atoms with Gasteiger partial charge in [-0.25, -0.2) is 4.79 Å². The topological polar surface area (TPSA) is 41.6 Å². The van der Waals surface area contributed by atoms with Crippen LogP contribution in [0.25, 0.3) is 0 Å². The van der Waals surface area contributed by atoms with E-state index >= 15 is 0 Å². The number of ether oxygens (including phenoxy) is 1. The van der Waals surface area contributed by atoms with Gasteiger partial charge >= 0.3 is 6.03 Å². The Kier molecular flexibility index (Phi) is 4.02. The van der Waals surface area contributed by atoms with Gasteiger partial charge < -0.3 is 15.0 Å². The zero-order valence-electron chi connectivity index (χ0n) is 10.2. The van der Waals surface area contributed by atoms with E-state index in [2.05, 4.69) is 11.4 Å². The van der Waals surface area contributed by atoms with Crippen LogP contribution in [0.2, 0.25) is 0 Å². The molecule has 0 radical (unpaired) electrons. The van der Waals surface area contributed by atoms with Crippen molar-refractivity contribution < 1.29 is 9.53 Å². The highest BCUT2D eigenvalue weighted by molar-refractivity contribution is 7.10. The molecule has 1 fully saturated rings. The van der Waals surface area contributed by atoms with Crippen molar-refractivity contribution in [3.8, 4) is 0 Å². The van der Waals surface area contributed by atoms with Gasteiger partial charge in [-0.1, -0.05) is 6.07 Å². The molecule has 5 heteroatoms. The van der Waals surface area contributed by atoms with Crippen LogP contribution in [0.4, 0.5) is 4.79 Å². The summed E-state index contributed by atoms with van der Waals surface area (Å²) in [5.74, 6) is 0. The van der Waals surface area contributed by atoms with E-state index in [-0.39, 0.29) is 18.1 Å². The molecule has 0 bridgehead atoms. The number of hydrogen-bond donors (Lipinski definition) is 1. The van der Waals surface area contributed by atoms with Crippen LogP contribution >= 0.6 is 11.3 Å². The van der Waals surface area contributed by atoms with Crippen LogP contribution in [0, 0.1) is 0 Å². The summed E-state index contributed by atoms with van der Waals surface area (Å²) in [5.41, 5.74) is 0. The van der Waals surface area contributed by atoms with Gasteiger partial charge in [-0.3, -0.25) is 0 Å². The van der Waals surface area contributed by atoms with Gasteiger partial charge in [0.15, 0.2) is 0 Å². The van der Waals surface area contributed by atoms with Crippen molar-refractivity contribution in [3.63, 3.8) is 0 Å². The molecule has 2 unspecified atom stereocenters. The summed E-state index contributed by atoms with van der Waals surface area (Å²) in [4.78, 5) is 14.9. The molecule has 2 heterocycles. The molecule has 2 amide bonds. The van der Waals surface area contributed by atoms with Crippen molar-refractivity contribution in [2.24, 2.45) is 0 Å². The summed E-state index contributed by atoms with van der Waals surface area (Å²) in [6, 6.07) is 4.31. The number of rotatable bonds is 3. The van der Waals surface area contributed by atoms with Gasteiger partial charge in [0.25, 0.3) is 0 Å². The summed E-state index contributed by atoms with van der Waals surface area (Å²) in [7, 11) is 1.83. The Morgan fingerprint density at radius 1 is 1.71 bits per heavy atom. The smallest absolute Gasteiger partial charge is 0.317 e. The molecule has 0 saturated carbocycles. The Morgan fingerprint density at radius 2 is 2.53 bits per heavy atom. The van der Waals surface area contributed by atoms with E-state index in [9.17, 15) is 4.79 Å². The first-order valence-electron chi connectivity index (χ1n) is 5.83. The predicted octanol–water partition coefficient (Wildman–Crippen LogP) is 2.24. The largest absolute Gasteiger partial charge is 0.379 e. The maximum absolute atomic E-state index is 12.0. The molecule has 0 aromatic carbocycles. The van der Waals surface area contributed by atoms with Gasteiger partial charge in [-0.2, -0.15) is 0 Å². The molecule has 0 spiro atoms. The fourth-order valence-corrected chi connectivity index (χ4v) is 2.65. The van der Waals surface area contributed by atoms with Gasteiger partial charge in [0, 0.05) is 18.5 Å². The first kappa shape index (κ1) is 12.4. The number of urea groups is 1. The predicted molar refractivity (Wildman–Crippen MR) is 68.3 cm³/mol. The van der Waals surface area contributed by atoms with E-state index in [1.807, 2.05) is 25.4 Å². The Bertz CT molecular complexity index is 361. The standard InChI is InChI=1S/C12H18N2O2S/c1-9(11-4-3-7-17-11)14(2)12(15)13-10-5-6-16-8-10/h3-4,7,9-10H,5-6,8H2,1-2H3,(H,13,15). The summed E-state index contributed by atoms with van der Waals surface area (Å²) < 4.78 is 5.24. The summed E-state index contributed by atoms with van der Waals surface area (Å²) in [6.45, 7) is 3.42. The molecule has 1 aliphatic rings. The van der Waals surface area contributed by atoms with E-state index in [4.69, 9.17) is 4.74 Å². The number of nitrogens with zero attached hydrogens (tertiary/aromatic N) is 1. The van der Waals surface area contributed by atoms with Crippen LogP contribution in [0.5, 0.6) is 0 Å². The first-order valence-corrected chi connectivity index (χ1v) is 6.71. The monoisotopic (exact) mass is 254 g/mol.